The van der Waals surface area contributed by atoms with Gasteiger partial charge in [0, 0.05) is 34.6 Å². The predicted molar refractivity (Wildman–Crippen MR) is 186 cm³/mol. The summed E-state index contributed by atoms with van der Waals surface area (Å²) >= 11 is 0. The molecule has 239 valence electrons. The van der Waals surface area contributed by atoms with Crippen LogP contribution in [0.15, 0.2) is 66.7 Å². The van der Waals surface area contributed by atoms with Crippen molar-refractivity contribution >= 4 is 22.1 Å². The molecule has 0 spiro atoms. The van der Waals surface area contributed by atoms with Gasteiger partial charge in [-0.3, -0.25) is 4.79 Å². The van der Waals surface area contributed by atoms with Gasteiger partial charge < -0.3 is 14.5 Å². The summed E-state index contributed by atoms with van der Waals surface area (Å²) in [6.45, 7) is 18.2. The monoisotopic (exact) mass is 622 g/mol. The number of amides is 1. The van der Waals surface area contributed by atoms with Crippen LogP contribution in [0.1, 0.15) is 129 Å². The molecule has 1 amide bonds. The highest BCUT2D eigenvalue weighted by atomic mass is 28.2. The van der Waals surface area contributed by atoms with Gasteiger partial charge in [-0.1, -0.05) is 129 Å². The minimum atomic E-state index is -0.645. The Bertz CT molecular complexity index is 1470. The molecule has 2 aliphatic rings. The summed E-state index contributed by atoms with van der Waals surface area (Å²) in [6, 6.07) is 22.7. The molecule has 0 saturated heterocycles. The third-order valence-corrected chi connectivity index (χ3v) is 11.6. The maximum absolute atomic E-state index is 14.0. The van der Waals surface area contributed by atoms with Crippen LogP contribution in [0, 0.1) is 16.7 Å². The number of anilines is 1. The van der Waals surface area contributed by atoms with Gasteiger partial charge >= 0.3 is 0 Å². The topological polar surface area (TPSA) is 47.6 Å². The lowest BCUT2D eigenvalue weighted by molar-refractivity contribution is -0.119. The van der Waals surface area contributed by atoms with E-state index in [1.165, 1.54) is 32.1 Å². The molecule has 1 heterocycles. The molecule has 4 nitrogen and oxygen atoms in total. The molecule has 3 aromatic rings. The Morgan fingerprint density at radius 1 is 0.844 bits per heavy atom. The Labute approximate surface area is 275 Å². The molecule has 3 radical (unpaired) electrons. The number of nitrogens with one attached hydrogen (secondary N) is 1. The molecule has 5 heteroatoms. The summed E-state index contributed by atoms with van der Waals surface area (Å²) in [5.41, 5.74) is 4.06. The minimum absolute atomic E-state index is 0.0176. The second kappa shape index (κ2) is 12.7. The van der Waals surface area contributed by atoms with E-state index in [2.05, 4.69) is 102 Å². The zero-order valence-corrected chi connectivity index (χ0v) is 29.7. The van der Waals surface area contributed by atoms with E-state index < -0.39 is 5.60 Å². The van der Waals surface area contributed by atoms with Gasteiger partial charge in [0.15, 0.2) is 0 Å². The number of carbonyl (C=O) groups is 1. The van der Waals surface area contributed by atoms with E-state index in [0.29, 0.717) is 12.3 Å². The van der Waals surface area contributed by atoms with Gasteiger partial charge in [0.25, 0.3) is 0 Å². The van der Waals surface area contributed by atoms with Crippen molar-refractivity contribution in [1.29, 1.82) is 0 Å². The van der Waals surface area contributed by atoms with Gasteiger partial charge in [0.2, 0.25) is 16.4 Å². The smallest absolute Gasteiger partial charge is 0.247 e. The van der Waals surface area contributed by atoms with E-state index in [4.69, 9.17) is 9.16 Å². The van der Waals surface area contributed by atoms with Crippen LogP contribution < -0.4 is 10.1 Å². The SMILES string of the molecule is CC(C)(C)c1ccc(C(C)(O[Si])C(C)(CC2CCCCC2)C(C)(C)C)cc1NC(=O)CC1c2ccccc2Oc2ccccc21. The second-order valence-electron chi connectivity index (χ2n) is 15.9. The predicted octanol–water partition coefficient (Wildman–Crippen LogP) is 10.6. The highest BCUT2D eigenvalue weighted by Crippen LogP contribution is 2.58. The van der Waals surface area contributed by atoms with Crippen LogP contribution in [0.25, 0.3) is 0 Å². The first kappa shape index (κ1) is 33.5. The number of hydrogen-bond donors (Lipinski definition) is 1. The summed E-state index contributed by atoms with van der Waals surface area (Å²) in [4.78, 5) is 14.0. The van der Waals surface area contributed by atoms with E-state index in [1.807, 2.05) is 36.4 Å². The number of carbonyl (C=O) groups excluding carboxylic acids is 1. The fraction of sp³-hybridized carbons (Fsp3) is 0.525. The van der Waals surface area contributed by atoms with E-state index in [-0.39, 0.29) is 28.1 Å². The molecule has 1 saturated carbocycles. The van der Waals surface area contributed by atoms with Crippen molar-refractivity contribution in [2.24, 2.45) is 16.7 Å². The average Bonchev–Trinajstić information content (AvgIpc) is 2.99. The molecule has 5 rings (SSSR count). The minimum Gasteiger partial charge on any atom is -0.457 e. The molecular weight excluding hydrogens is 571 g/mol. The first-order valence-corrected chi connectivity index (χ1v) is 17.2. The van der Waals surface area contributed by atoms with Crippen LogP contribution >= 0.6 is 0 Å². The van der Waals surface area contributed by atoms with Crippen molar-refractivity contribution in [1.82, 2.24) is 0 Å². The Hall–Kier alpha value is -2.89. The summed E-state index contributed by atoms with van der Waals surface area (Å²) in [5.74, 6) is 2.20. The van der Waals surface area contributed by atoms with E-state index in [1.54, 1.807) is 0 Å². The summed E-state index contributed by atoms with van der Waals surface area (Å²) in [5, 5.41) is 3.38. The van der Waals surface area contributed by atoms with Crippen LogP contribution in [-0.4, -0.2) is 16.4 Å². The molecular formula is C40H52NO3Si. The normalized spacial score (nSPS) is 18.6. The third kappa shape index (κ3) is 6.53. The quantitative estimate of drug-likeness (QED) is 0.254. The van der Waals surface area contributed by atoms with Crippen LogP contribution in [-0.2, 0) is 20.2 Å². The maximum Gasteiger partial charge on any atom is 0.247 e. The fourth-order valence-electron chi connectivity index (χ4n) is 7.89. The Kier molecular flexibility index (Phi) is 9.46. The number of fused-ring (bicyclic) bond motifs is 2. The first-order chi connectivity index (χ1) is 21.2. The number of rotatable bonds is 8. The van der Waals surface area contributed by atoms with Crippen molar-refractivity contribution in [3.8, 4) is 11.5 Å². The lowest BCUT2D eigenvalue weighted by atomic mass is 9.53. The molecule has 45 heavy (non-hydrogen) atoms. The number of hydrogen-bond acceptors (Lipinski definition) is 3. The lowest BCUT2D eigenvalue weighted by Crippen LogP contribution is -2.52. The van der Waals surface area contributed by atoms with Crippen LogP contribution in [0.4, 0.5) is 5.69 Å². The van der Waals surface area contributed by atoms with Crippen LogP contribution in [0.2, 0.25) is 0 Å². The molecule has 2 unspecified atom stereocenters. The highest BCUT2D eigenvalue weighted by Gasteiger charge is 2.53. The Morgan fingerprint density at radius 2 is 1.42 bits per heavy atom. The lowest BCUT2D eigenvalue weighted by Gasteiger charge is -2.56. The highest BCUT2D eigenvalue weighted by molar-refractivity contribution is 5.98. The number of benzene rings is 3. The van der Waals surface area contributed by atoms with Crippen molar-refractivity contribution in [3.63, 3.8) is 0 Å². The molecule has 3 aromatic carbocycles. The van der Waals surface area contributed by atoms with E-state index >= 15 is 0 Å². The van der Waals surface area contributed by atoms with Crippen molar-refractivity contribution in [2.75, 3.05) is 5.32 Å². The van der Waals surface area contributed by atoms with Crippen LogP contribution in [0.5, 0.6) is 11.5 Å². The molecule has 2 atom stereocenters. The molecule has 1 N–H and O–H groups in total. The fourth-order valence-corrected chi connectivity index (χ4v) is 8.23. The maximum atomic E-state index is 14.0. The molecule has 0 aromatic heterocycles. The summed E-state index contributed by atoms with van der Waals surface area (Å²) < 4.78 is 12.6. The van der Waals surface area contributed by atoms with Crippen molar-refractivity contribution in [2.45, 2.75) is 117 Å². The molecule has 1 fully saturated rings. The number of para-hydroxylation sites is 2. The molecule has 1 aliphatic carbocycles. The average molecular weight is 623 g/mol. The number of ether oxygens (including phenoxy) is 1. The molecule has 1 aliphatic heterocycles. The standard InChI is InChI=1S/C40H52NO3Si/c1-37(2,3)32-23-22-28(40(8,44-45)39(7,38(4,5)6)26-27-16-10-9-11-17-27)24-33(32)41-36(42)25-31-29-18-12-14-20-34(29)43-35-21-15-13-19-30(31)35/h12-15,18-24,27,31H,9-11,16-17,25-26H2,1-8H3,(H,41,42). The Balaban J connectivity index is 1.51. The van der Waals surface area contributed by atoms with E-state index in [9.17, 15) is 4.79 Å². The van der Waals surface area contributed by atoms with Crippen LogP contribution in [0.3, 0.4) is 0 Å². The largest absolute Gasteiger partial charge is 0.457 e. The van der Waals surface area contributed by atoms with E-state index in [0.717, 1.165) is 45.9 Å². The second-order valence-corrected chi connectivity index (χ2v) is 16.1. The molecule has 0 bridgehead atoms. The van der Waals surface area contributed by atoms with Gasteiger partial charge in [0.1, 0.15) is 11.5 Å². The van der Waals surface area contributed by atoms with Crippen molar-refractivity contribution in [3.05, 3.63) is 89.0 Å². The Morgan fingerprint density at radius 3 is 1.96 bits per heavy atom. The summed E-state index contributed by atoms with van der Waals surface area (Å²) in [7, 11) is 3.59. The zero-order chi connectivity index (χ0) is 32.6. The third-order valence-electron chi connectivity index (χ3n) is 11.2. The zero-order valence-electron chi connectivity index (χ0n) is 28.7. The summed E-state index contributed by atoms with van der Waals surface area (Å²) in [6.07, 6.45) is 7.94. The van der Waals surface area contributed by atoms with Gasteiger partial charge in [-0.25, -0.2) is 0 Å². The van der Waals surface area contributed by atoms with Crippen molar-refractivity contribution < 1.29 is 14.0 Å². The van der Waals surface area contributed by atoms with Gasteiger partial charge in [0.05, 0.1) is 5.60 Å². The van der Waals surface area contributed by atoms with Gasteiger partial charge in [-0.15, -0.1) is 0 Å². The first-order valence-electron chi connectivity index (χ1n) is 16.8. The van der Waals surface area contributed by atoms with Gasteiger partial charge in [-0.2, -0.15) is 0 Å². The van der Waals surface area contributed by atoms with Gasteiger partial charge in [-0.05, 0) is 59.4 Å².